The first-order chi connectivity index (χ1) is 8.09. The second kappa shape index (κ2) is 4.39. The van der Waals surface area contributed by atoms with Crippen molar-refractivity contribution in [3.8, 4) is 11.5 Å². The maximum absolute atomic E-state index is 6.23. The lowest BCUT2D eigenvalue weighted by Gasteiger charge is -2.21. The number of rotatable bonds is 4. The zero-order chi connectivity index (χ0) is 12.6. The van der Waals surface area contributed by atoms with Gasteiger partial charge in [-0.25, -0.2) is 0 Å². The van der Waals surface area contributed by atoms with E-state index in [9.17, 15) is 0 Å². The Morgan fingerprint density at radius 3 is 2.29 bits per heavy atom. The van der Waals surface area contributed by atoms with Crippen LogP contribution in [0.15, 0.2) is 6.07 Å². The van der Waals surface area contributed by atoms with E-state index in [1.165, 1.54) is 0 Å². The first kappa shape index (κ1) is 12.5. The fourth-order valence-electron chi connectivity index (χ4n) is 2.38. The van der Waals surface area contributed by atoms with Crippen molar-refractivity contribution >= 4 is 11.6 Å². The van der Waals surface area contributed by atoms with E-state index in [1.54, 1.807) is 14.2 Å². The highest BCUT2D eigenvalue weighted by molar-refractivity contribution is 6.32. The molecule has 94 valence electrons. The van der Waals surface area contributed by atoms with Crippen LogP contribution in [0.2, 0.25) is 5.02 Å². The molecule has 0 bridgehead atoms. The number of halogens is 1. The highest BCUT2D eigenvalue weighted by Gasteiger charge is 2.45. The minimum Gasteiger partial charge on any atom is -0.496 e. The Bertz CT molecular complexity index is 442. The van der Waals surface area contributed by atoms with Crippen LogP contribution in [0.5, 0.6) is 11.5 Å². The Morgan fingerprint density at radius 2 is 1.88 bits per heavy atom. The first-order valence-corrected chi connectivity index (χ1v) is 6.09. The fourth-order valence-corrected chi connectivity index (χ4v) is 2.71. The molecule has 1 aliphatic carbocycles. The van der Waals surface area contributed by atoms with Crippen LogP contribution in [0.3, 0.4) is 0 Å². The predicted octanol–water partition coefficient (Wildman–Crippen LogP) is 2.66. The highest BCUT2D eigenvalue weighted by atomic mass is 35.5. The molecule has 0 aromatic heterocycles. The monoisotopic (exact) mass is 255 g/mol. The van der Waals surface area contributed by atoms with Gasteiger partial charge in [0.1, 0.15) is 11.5 Å². The van der Waals surface area contributed by atoms with E-state index in [0.717, 1.165) is 29.7 Å². The molecular weight excluding hydrogens is 238 g/mol. The van der Waals surface area contributed by atoms with E-state index in [-0.39, 0.29) is 5.41 Å². The van der Waals surface area contributed by atoms with Crippen molar-refractivity contribution in [3.63, 3.8) is 0 Å². The third-order valence-electron chi connectivity index (χ3n) is 3.64. The van der Waals surface area contributed by atoms with Gasteiger partial charge in [-0.1, -0.05) is 11.6 Å². The summed E-state index contributed by atoms with van der Waals surface area (Å²) in [4.78, 5) is 0. The van der Waals surface area contributed by atoms with Crippen LogP contribution >= 0.6 is 11.6 Å². The third kappa shape index (κ3) is 1.87. The van der Waals surface area contributed by atoms with Gasteiger partial charge in [0, 0.05) is 23.1 Å². The lowest BCUT2D eigenvalue weighted by atomic mass is 9.93. The van der Waals surface area contributed by atoms with Gasteiger partial charge in [-0.15, -0.1) is 0 Å². The van der Waals surface area contributed by atoms with Gasteiger partial charge >= 0.3 is 0 Å². The zero-order valence-corrected chi connectivity index (χ0v) is 11.2. The van der Waals surface area contributed by atoms with E-state index in [1.807, 2.05) is 13.0 Å². The maximum atomic E-state index is 6.23. The van der Waals surface area contributed by atoms with Gasteiger partial charge in [0.05, 0.1) is 19.2 Å². The molecule has 1 aromatic carbocycles. The molecule has 0 spiro atoms. The molecule has 0 saturated heterocycles. The van der Waals surface area contributed by atoms with Gasteiger partial charge in [-0.3, -0.25) is 0 Å². The van der Waals surface area contributed by atoms with E-state index < -0.39 is 0 Å². The molecule has 1 saturated carbocycles. The molecule has 3 nitrogen and oxygen atoms in total. The first-order valence-electron chi connectivity index (χ1n) is 5.71. The molecule has 0 atom stereocenters. The van der Waals surface area contributed by atoms with Crippen molar-refractivity contribution in [2.24, 2.45) is 5.73 Å². The summed E-state index contributed by atoms with van der Waals surface area (Å²) < 4.78 is 10.8. The zero-order valence-electron chi connectivity index (χ0n) is 10.5. The fraction of sp³-hybridized carbons (Fsp3) is 0.538. The van der Waals surface area contributed by atoms with E-state index in [0.29, 0.717) is 17.3 Å². The number of hydrogen-bond donors (Lipinski definition) is 1. The highest BCUT2D eigenvalue weighted by Crippen LogP contribution is 2.53. The number of ether oxygens (including phenoxy) is 2. The number of hydrogen-bond acceptors (Lipinski definition) is 3. The molecule has 4 heteroatoms. The Kier molecular flexibility index (Phi) is 3.23. The van der Waals surface area contributed by atoms with E-state index in [4.69, 9.17) is 26.8 Å². The summed E-state index contributed by atoms with van der Waals surface area (Å²) in [5.74, 6) is 1.54. The molecular formula is C13H18ClNO2. The van der Waals surface area contributed by atoms with Gasteiger partial charge in [0.15, 0.2) is 0 Å². The number of methoxy groups -OCH3 is 2. The Labute approximate surface area is 107 Å². The average Bonchev–Trinajstić information content (AvgIpc) is 3.10. The largest absolute Gasteiger partial charge is 0.496 e. The Balaban J connectivity index is 2.60. The molecule has 2 N–H and O–H groups in total. The van der Waals surface area contributed by atoms with Crippen LogP contribution in [0.1, 0.15) is 24.0 Å². The van der Waals surface area contributed by atoms with Crippen LogP contribution in [-0.2, 0) is 5.41 Å². The summed E-state index contributed by atoms with van der Waals surface area (Å²) in [5, 5.41) is 0.625. The minimum absolute atomic E-state index is 0.0615. The summed E-state index contributed by atoms with van der Waals surface area (Å²) in [6.45, 7) is 2.59. The summed E-state index contributed by atoms with van der Waals surface area (Å²) >= 11 is 6.23. The molecule has 1 aliphatic rings. The van der Waals surface area contributed by atoms with E-state index in [2.05, 4.69) is 0 Å². The summed E-state index contributed by atoms with van der Waals surface area (Å²) in [6.07, 6.45) is 2.20. The summed E-state index contributed by atoms with van der Waals surface area (Å²) in [6, 6.07) is 1.94. The third-order valence-corrected chi connectivity index (χ3v) is 3.92. The van der Waals surface area contributed by atoms with Crippen molar-refractivity contribution in [1.29, 1.82) is 0 Å². The molecule has 0 aliphatic heterocycles. The predicted molar refractivity (Wildman–Crippen MR) is 69.3 cm³/mol. The van der Waals surface area contributed by atoms with Gasteiger partial charge in [-0.05, 0) is 25.8 Å². The number of benzene rings is 1. The second-order valence-electron chi connectivity index (χ2n) is 4.58. The van der Waals surface area contributed by atoms with E-state index >= 15 is 0 Å². The quantitative estimate of drug-likeness (QED) is 0.900. The van der Waals surface area contributed by atoms with Gasteiger partial charge in [0.25, 0.3) is 0 Å². The van der Waals surface area contributed by atoms with Crippen molar-refractivity contribution in [2.75, 3.05) is 20.8 Å². The molecule has 0 heterocycles. The van der Waals surface area contributed by atoms with Crippen LogP contribution in [0, 0.1) is 6.92 Å². The lowest BCUT2D eigenvalue weighted by molar-refractivity contribution is 0.382. The van der Waals surface area contributed by atoms with Gasteiger partial charge < -0.3 is 15.2 Å². The van der Waals surface area contributed by atoms with Crippen LogP contribution < -0.4 is 15.2 Å². The lowest BCUT2D eigenvalue weighted by Crippen LogP contribution is -2.21. The van der Waals surface area contributed by atoms with Crippen molar-refractivity contribution in [3.05, 3.63) is 22.2 Å². The maximum Gasteiger partial charge on any atom is 0.144 e. The Hall–Kier alpha value is -0.930. The minimum atomic E-state index is 0.0615. The molecule has 0 radical (unpaired) electrons. The molecule has 17 heavy (non-hydrogen) atoms. The average molecular weight is 256 g/mol. The SMILES string of the molecule is COc1c(Cl)cc(C2(CN)CC2)c(OC)c1C. The van der Waals surface area contributed by atoms with Crippen molar-refractivity contribution < 1.29 is 9.47 Å². The van der Waals surface area contributed by atoms with Crippen LogP contribution in [-0.4, -0.2) is 20.8 Å². The van der Waals surface area contributed by atoms with Crippen molar-refractivity contribution in [1.82, 2.24) is 0 Å². The van der Waals surface area contributed by atoms with Crippen LogP contribution in [0.25, 0.3) is 0 Å². The Morgan fingerprint density at radius 1 is 1.29 bits per heavy atom. The molecule has 1 aromatic rings. The van der Waals surface area contributed by atoms with Gasteiger partial charge in [0.2, 0.25) is 0 Å². The second-order valence-corrected chi connectivity index (χ2v) is 4.99. The molecule has 0 unspecified atom stereocenters. The van der Waals surface area contributed by atoms with Crippen molar-refractivity contribution in [2.45, 2.75) is 25.2 Å². The van der Waals surface area contributed by atoms with Crippen LogP contribution in [0.4, 0.5) is 0 Å². The normalized spacial score (nSPS) is 16.8. The topological polar surface area (TPSA) is 44.5 Å². The standard InChI is InChI=1S/C13H18ClNO2/c1-8-11(16-2)9(13(7-15)4-5-13)6-10(14)12(8)17-3/h6H,4-5,7,15H2,1-3H3. The smallest absolute Gasteiger partial charge is 0.144 e. The molecule has 0 amide bonds. The number of nitrogens with two attached hydrogens (primary N) is 1. The summed E-state index contributed by atoms with van der Waals surface area (Å²) in [5.41, 5.74) is 7.99. The molecule has 2 rings (SSSR count). The molecule has 1 fully saturated rings. The summed E-state index contributed by atoms with van der Waals surface area (Å²) in [7, 11) is 3.29. The van der Waals surface area contributed by atoms with Gasteiger partial charge in [-0.2, -0.15) is 0 Å².